The van der Waals surface area contributed by atoms with Gasteiger partial charge in [0.1, 0.15) is 0 Å². The van der Waals surface area contributed by atoms with Gasteiger partial charge in [-0.1, -0.05) is 30.3 Å². The van der Waals surface area contributed by atoms with Crippen LogP contribution in [0.2, 0.25) is 0 Å². The van der Waals surface area contributed by atoms with Crippen LogP contribution < -0.4 is 10.6 Å². The van der Waals surface area contributed by atoms with Crippen molar-refractivity contribution in [1.29, 1.82) is 0 Å². The van der Waals surface area contributed by atoms with Gasteiger partial charge in [0, 0.05) is 19.3 Å². The predicted octanol–water partition coefficient (Wildman–Crippen LogP) is 3.11. The normalized spacial score (nSPS) is 10.2. The van der Waals surface area contributed by atoms with Gasteiger partial charge in [-0.05, 0) is 41.9 Å². The number of benzene rings is 2. The summed E-state index contributed by atoms with van der Waals surface area (Å²) in [5.41, 5.74) is 4.96. The molecule has 17 heavy (non-hydrogen) atoms. The lowest BCUT2D eigenvalue weighted by molar-refractivity contribution is 0.818. The number of hydrogen-bond acceptors (Lipinski definition) is 2. The van der Waals surface area contributed by atoms with Crippen molar-refractivity contribution < 1.29 is 0 Å². The van der Waals surface area contributed by atoms with Gasteiger partial charge in [-0.3, -0.25) is 0 Å². The monoisotopic (exact) mass is 226 g/mol. The number of hydrogen-bond donors (Lipinski definition) is 2. The molecule has 0 unspecified atom stereocenters. The summed E-state index contributed by atoms with van der Waals surface area (Å²) < 4.78 is 0. The molecule has 0 radical (unpaired) electrons. The van der Waals surface area contributed by atoms with E-state index in [9.17, 15) is 0 Å². The Labute approximate surface area is 103 Å². The van der Waals surface area contributed by atoms with Crippen LogP contribution in [-0.4, -0.2) is 14.1 Å². The first-order valence-corrected chi connectivity index (χ1v) is 5.85. The highest BCUT2D eigenvalue weighted by Crippen LogP contribution is 2.22. The maximum Gasteiger partial charge on any atom is 0.0337 e. The average Bonchev–Trinajstić information content (AvgIpc) is 2.40. The Morgan fingerprint density at radius 1 is 0.882 bits per heavy atom. The maximum atomic E-state index is 3.17. The molecule has 88 valence electrons. The first-order chi connectivity index (χ1) is 8.33. The molecular weight excluding hydrogens is 208 g/mol. The third kappa shape index (κ3) is 2.86. The summed E-state index contributed by atoms with van der Waals surface area (Å²) in [6.45, 7) is 0.905. The van der Waals surface area contributed by atoms with E-state index in [2.05, 4.69) is 59.2 Å². The van der Waals surface area contributed by atoms with E-state index in [-0.39, 0.29) is 0 Å². The summed E-state index contributed by atoms with van der Waals surface area (Å²) in [5.74, 6) is 0. The van der Waals surface area contributed by atoms with Crippen LogP contribution in [0.25, 0.3) is 11.1 Å². The molecule has 0 bridgehead atoms. The second-order valence-corrected chi connectivity index (χ2v) is 4.06. The Balaban J connectivity index is 2.28. The van der Waals surface area contributed by atoms with Crippen LogP contribution in [0, 0.1) is 0 Å². The second kappa shape index (κ2) is 5.51. The summed E-state index contributed by atoms with van der Waals surface area (Å²) in [4.78, 5) is 0. The minimum Gasteiger partial charge on any atom is -0.388 e. The van der Waals surface area contributed by atoms with Crippen molar-refractivity contribution in [3.8, 4) is 11.1 Å². The first kappa shape index (κ1) is 11.7. The fourth-order valence-corrected chi connectivity index (χ4v) is 1.89. The Kier molecular flexibility index (Phi) is 3.78. The van der Waals surface area contributed by atoms with E-state index in [1.807, 2.05) is 14.1 Å². The molecule has 0 aliphatic heterocycles. The van der Waals surface area contributed by atoms with Gasteiger partial charge in [-0.2, -0.15) is 0 Å². The third-order valence-corrected chi connectivity index (χ3v) is 2.81. The molecule has 2 nitrogen and oxygen atoms in total. The summed E-state index contributed by atoms with van der Waals surface area (Å²) in [6, 6.07) is 17.1. The first-order valence-electron chi connectivity index (χ1n) is 5.85. The average molecular weight is 226 g/mol. The largest absolute Gasteiger partial charge is 0.388 e. The fraction of sp³-hybridized carbons (Fsp3) is 0.200. The zero-order valence-corrected chi connectivity index (χ0v) is 10.3. The molecule has 2 aromatic rings. The summed E-state index contributed by atoms with van der Waals surface area (Å²) in [6.07, 6.45) is 0. The Hall–Kier alpha value is -1.80. The highest BCUT2D eigenvalue weighted by molar-refractivity contribution is 5.66. The van der Waals surface area contributed by atoms with E-state index in [4.69, 9.17) is 0 Å². The van der Waals surface area contributed by atoms with E-state index < -0.39 is 0 Å². The molecule has 0 aliphatic carbocycles. The van der Waals surface area contributed by atoms with Crippen LogP contribution in [0.15, 0.2) is 48.5 Å². The smallest absolute Gasteiger partial charge is 0.0337 e. The van der Waals surface area contributed by atoms with Crippen molar-refractivity contribution in [1.82, 2.24) is 5.32 Å². The Morgan fingerprint density at radius 2 is 1.65 bits per heavy atom. The lowest BCUT2D eigenvalue weighted by Gasteiger charge is -2.06. The minimum absolute atomic E-state index is 0.905. The van der Waals surface area contributed by atoms with Crippen LogP contribution in [-0.2, 0) is 6.54 Å². The fourth-order valence-electron chi connectivity index (χ4n) is 1.89. The van der Waals surface area contributed by atoms with Gasteiger partial charge in [-0.25, -0.2) is 0 Å². The zero-order valence-electron chi connectivity index (χ0n) is 10.3. The topological polar surface area (TPSA) is 24.1 Å². The molecular formula is C15H18N2. The van der Waals surface area contributed by atoms with E-state index in [0.29, 0.717) is 0 Å². The molecule has 0 atom stereocenters. The van der Waals surface area contributed by atoms with Crippen molar-refractivity contribution in [2.45, 2.75) is 6.54 Å². The highest BCUT2D eigenvalue weighted by Gasteiger charge is 1.99. The second-order valence-electron chi connectivity index (χ2n) is 4.06. The van der Waals surface area contributed by atoms with Crippen molar-refractivity contribution in [2.75, 3.05) is 19.4 Å². The molecule has 0 saturated heterocycles. The predicted molar refractivity (Wildman–Crippen MR) is 74.2 cm³/mol. The SMILES string of the molecule is CNCc1cccc(-c2ccc(NC)cc2)c1. The minimum atomic E-state index is 0.905. The van der Waals surface area contributed by atoms with Crippen LogP contribution in [0.4, 0.5) is 5.69 Å². The lowest BCUT2D eigenvalue weighted by atomic mass is 10.0. The third-order valence-electron chi connectivity index (χ3n) is 2.81. The van der Waals surface area contributed by atoms with Crippen LogP contribution in [0.5, 0.6) is 0 Å². The van der Waals surface area contributed by atoms with Crippen molar-refractivity contribution in [2.24, 2.45) is 0 Å². The molecule has 0 aromatic heterocycles. The van der Waals surface area contributed by atoms with Gasteiger partial charge in [0.2, 0.25) is 0 Å². The molecule has 0 saturated carbocycles. The molecule has 2 N–H and O–H groups in total. The number of anilines is 1. The Bertz CT molecular complexity index is 475. The molecule has 0 spiro atoms. The number of nitrogens with one attached hydrogen (secondary N) is 2. The van der Waals surface area contributed by atoms with Gasteiger partial charge >= 0.3 is 0 Å². The molecule has 2 aromatic carbocycles. The molecule has 0 aliphatic rings. The van der Waals surface area contributed by atoms with Crippen molar-refractivity contribution >= 4 is 5.69 Å². The quantitative estimate of drug-likeness (QED) is 0.837. The molecule has 0 heterocycles. The van der Waals surface area contributed by atoms with E-state index in [0.717, 1.165) is 12.2 Å². The lowest BCUT2D eigenvalue weighted by Crippen LogP contribution is -2.04. The van der Waals surface area contributed by atoms with Gasteiger partial charge in [0.15, 0.2) is 0 Å². The molecule has 0 fully saturated rings. The van der Waals surface area contributed by atoms with Gasteiger partial charge in [0.05, 0.1) is 0 Å². The Morgan fingerprint density at radius 3 is 2.29 bits per heavy atom. The molecule has 0 amide bonds. The van der Waals surface area contributed by atoms with E-state index in [1.165, 1.54) is 16.7 Å². The maximum absolute atomic E-state index is 3.17. The van der Waals surface area contributed by atoms with Gasteiger partial charge in [-0.15, -0.1) is 0 Å². The van der Waals surface area contributed by atoms with Gasteiger partial charge in [0.25, 0.3) is 0 Å². The van der Waals surface area contributed by atoms with E-state index >= 15 is 0 Å². The van der Waals surface area contributed by atoms with Crippen LogP contribution in [0.1, 0.15) is 5.56 Å². The zero-order chi connectivity index (χ0) is 12.1. The summed E-state index contributed by atoms with van der Waals surface area (Å²) >= 11 is 0. The number of rotatable bonds is 4. The van der Waals surface area contributed by atoms with Crippen molar-refractivity contribution in [3.63, 3.8) is 0 Å². The van der Waals surface area contributed by atoms with E-state index in [1.54, 1.807) is 0 Å². The summed E-state index contributed by atoms with van der Waals surface area (Å²) in [5, 5.41) is 6.30. The molecule has 2 heteroatoms. The molecule has 2 rings (SSSR count). The van der Waals surface area contributed by atoms with Crippen LogP contribution in [0.3, 0.4) is 0 Å². The van der Waals surface area contributed by atoms with Crippen LogP contribution >= 0.6 is 0 Å². The highest BCUT2D eigenvalue weighted by atomic mass is 14.8. The van der Waals surface area contributed by atoms with Gasteiger partial charge < -0.3 is 10.6 Å². The summed E-state index contributed by atoms with van der Waals surface area (Å²) in [7, 11) is 3.90. The standard InChI is InChI=1S/C15H18N2/c1-16-11-12-4-3-5-14(10-12)13-6-8-15(17-2)9-7-13/h3-10,16-17H,11H2,1-2H3. The van der Waals surface area contributed by atoms with Crippen molar-refractivity contribution in [3.05, 3.63) is 54.1 Å².